The Balaban J connectivity index is 1.49. The van der Waals surface area contributed by atoms with Crippen LogP contribution < -0.4 is 10.7 Å². The molecule has 190 valence electrons. The first kappa shape index (κ1) is 27.2. The highest BCUT2D eigenvalue weighted by Crippen LogP contribution is 2.24. The molecule has 0 fully saturated rings. The van der Waals surface area contributed by atoms with Gasteiger partial charge in [-0.1, -0.05) is 55.8 Å². The fraction of sp³-hybridized carbons (Fsp3) is 0.321. The van der Waals surface area contributed by atoms with Gasteiger partial charge in [0.25, 0.3) is 11.8 Å². The molecule has 0 aliphatic heterocycles. The number of amides is 2. The van der Waals surface area contributed by atoms with Crippen molar-refractivity contribution in [3.05, 3.63) is 83.1 Å². The van der Waals surface area contributed by atoms with Gasteiger partial charge in [0.05, 0.1) is 12.3 Å². The number of hydrogen-bond acceptors (Lipinski definition) is 5. The number of nitrogens with one attached hydrogen (secondary N) is 2. The first-order valence-electron chi connectivity index (χ1n) is 12.3. The fourth-order valence-electron chi connectivity index (χ4n) is 3.95. The molecule has 0 unspecified atom stereocenters. The minimum atomic E-state index is -0.305. The molecule has 0 saturated carbocycles. The molecule has 0 saturated heterocycles. The first-order valence-corrected chi connectivity index (χ1v) is 12.7. The standard InChI is InChI=1S/C28H33ClN4O3/c1-3-33(4-2)25(15-8-9-18-30-27(34)21-11-6-5-7-12-21)28(35)32-31-20-24-16-17-26(36-24)22-13-10-14-23(29)19-22/h5-7,10-14,16-17,19-20,25H,3-4,8-9,15,18H2,1-2H3,(H,30,34)(H,32,35)/b31-20+/t25-/m1/s1. The van der Waals surface area contributed by atoms with Gasteiger partial charge in [0.1, 0.15) is 11.5 Å². The largest absolute Gasteiger partial charge is 0.455 e. The van der Waals surface area contributed by atoms with Crippen molar-refractivity contribution >= 4 is 29.6 Å². The van der Waals surface area contributed by atoms with Crippen LogP contribution in [0, 0.1) is 0 Å². The highest BCUT2D eigenvalue weighted by Gasteiger charge is 2.23. The second-order valence-corrected chi connectivity index (χ2v) is 8.74. The van der Waals surface area contributed by atoms with Crippen LogP contribution in [0.1, 0.15) is 49.2 Å². The molecular weight excluding hydrogens is 476 g/mol. The van der Waals surface area contributed by atoms with E-state index in [1.54, 1.807) is 24.3 Å². The van der Waals surface area contributed by atoms with Crippen LogP contribution in [-0.4, -0.2) is 48.6 Å². The lowest BCUT2D eigenvalue weighted by Gasteiger charge is -2.27. The van der Waals surface area contributed by atoms with E-state index in [2.05, 4.69) is 20.7 Å². The number of carbonyl (C=O) groups is 2. The third kappa shape index (κ3) is 8.07. The van der Waals surface area contributed by atoms with Gasteiger partial charge in [0.2, 0.25) is 0 Å². The predicted octanol–water partition coefficient (Wildman–Crippen LogP) is 5.36. The van der Waals surface area contributed by atoms with E-state index >= 15 is 0 Å². The number of furan rings is 1. The summed E-state index contributed by atoms with van der Waals surface area (Å²) in [6.45, 7) is 6.14. The van der Waals surface area contributed by atoms with Crippen molar-refractivity contribution in [1.82, 2.24) is 15.6 Å². The van der Waals surface area contributed by atoms with E-state index in [0.29, 0.717) is 35.1 Å². The molecule has 0 bridgehead atoms. The van der Waals surface area contributed by atoms with E-state index in [-0.39, 0.29) is 17.9 Å². The van der Waals surface area contributed by atoms with Crippen molar-refractivity contribution in [3.8, 4) is 11.3 Å². The number of rotatable bonds is 13. The van der Waals surface area contributed by atoms with Gasteiger partial charge < -0.3 is 9.73 Å². The van der Waals surface area contributed by atoms with Crippen molar-refractivity contribution < 1.29 is 14.0 Å². The molecule has 3 rings (SSSR count). The molecule has 36 heavy (non-hydrogen) atoms. The van der Waals surface area contributed by atoms with Gasteiger partial charge in [-0.25, -0.2) is 5.43 Å². The molecule has 8 heteroatoms. The van der Waals surface area contributed by atoms with Crippen molar-refractivity contribution in [1.29, 1.82) is 0 Å². The topological polar surface area (TPSA) is 86.9 Å². The molecular formula is C28H33ClN4O3. The van der Waals surface area contributed by atoms with E-state index in [0.717, 1.165) is 31.5 Å². The summed E-state index contributed by atoms with van der Waals surface area (Å²) in [5, 5.41) is 7.68. The van der Waals surface area contributed by atoms with Crippen LogP contribution in [0.4, 0.5) is 0 Å². The highest BCUT2D eigenvalue weighted by atomic mass is 35.5. The van der Waals surface area contributed by atoms with Crippen molar-refractivity contribution in [2.45, 2.75) is 39.2 Å². The number of carbonyl (C=O) groups excluding carboxylic acids is 2. The van der Waals surface area contributed by atoms with Gasteiger partial charge in [-0.15, -0.1) is 0 Å². The van der Waals surface area contributed by atoms with Gasteiger partial charge in [-0.05, 0) is 68.8 Å². The van der Waals surface area contributed by atoms with Crippen molar-refractivity contribution in [2.75, 3.05) is 19.6 Å². The summed E-state index contributed by atoms with van der Waals surface area (Å²) >= 11 is 6.05. The molecule has 0 spiro atoms. The molecule has 3 aromatic rings. The number of nitrogens with zero attached hydrogens (tertiary/aromatic N) is 2. The molecule has 2 amide bonds. The van der Waals surface area contributed by atoms with E-state index < -0.39 is 0 Å². The second kappa shape index (κ2) is 14.2. The van der Waals surface area contributed by atoms with Crippen LogP contribution in [0.3, 0.4) is 0 Å². The number of hydrogen-bond donors (Lipinski definition) is 2. The van der Waals surface area contributed by atoms with E-state index in [9.17, 15) is 9.59 Å². The Morgan fingerprint density at radius 2 is 1.81 bits per heavy atom. The lowest BCUT2D eigenvalue weighted by Crippen LogP contribution is -2.45. The Labute approximate surface area is 217 Å². The van der Waals surface area contributed by atoms with Crippen LogP contribution in [-0.2, 0) is 4.79 Å². The Morgan fingerprint density at radius 3 is 2.53 bits per heavy atom. The minimum Gasteiger partial charge on any atom is -0.455 e. The van der Waals surface area contributed by atoms with Gasteiger partial charge >= 0.3 is 0 Å². The van der Waals surface area contributed by atoms with Crippen LogP contribution >= 0.6 is 11.6 Å². The van der Waals surface area contributed by atoms with Crippen molar-refractivity contribution in [2.24, 2.45) is 5.10 Å². The number of unbranched alkanes of at least 4 members (excludes halogenated alkanes) is 1. The van der Waals surface area contributed by atoms with E-state index in [4.69, 9.17) is 16.0 Å². The van der Waals surface area contributed by atoms with Crippen LogP contribution in [0.15, 0.2) is 76.2 Å². The van der Waals surface area contributed by atoms with Crippen LogP contribution in [0.2, 0.25) is 5.02 Å². The highest BCUT2D eigenvalue weighted by molar-refractivity contribution is 6.30. The maximum atomic E-state index is 12.9. The molecule has 1 heterocycles. The summed E-state index contributed by atoms with van der Waals surface area (Å²) in [4.78, 5) is 27.2. The number of benzene rings is 2. The zero-order valence-corrected chi connectivity index (χ0v) is 21.5. The molecule has 0 aliphatic rings. The van der Waals surface area contributed by atoms with E-state index in [1.165, 1.54) is 6.21 Å². The molecule has 1 aromatic heterocycles. The smallest absolute Gasteiger partial charge is 0.257 e. The molecule has 2 aromatic carbocycles. The summed E-state index contributed by atoms with van der Waals surface area (Å²) in [5.74, 6) is 0.953. The van der Waals surface area contributed by atoms with Gasteiger partial charge in [0.15, 0.2) is 0 Å². The van der Waals surface area contributed by atoms with Crippen molar-refractivity contribution in [3.63, 3.8) is 0 Å². The predicted molar refractivity (Wildman–Crippen MR) is 144 cm³/mol. The minimum absolute atomic E-state index is 0.0839. The average Bonchev–Trinajstić information content (AvgIpc) is 3.37. The maximum Gasteiger partial charge on any atom is 0.257 e. The Morgan fingerprint density at radius 1 is 1.03 bits per heavy atom. The summed E-state index contributed by atoms with van der Waals surface area (Å²) in [5.41, 5.74) is 4.17. The van der Waals surface area contributed by atoms with Crippen LogP contribution in [0.5, 0.6) is 0 Å². The summed E-state index contributed by atoms with van der Waals surface area (Å²) in [7, 11) is 0. The van der Waals surface area contributed by atoms with Crippen LogP contribution in [0.25, 0.3) is 11.3 Å². The Kier molecular flexibility index (Phi) is 10.7. The van der Waals surface area contributed by atoms with Gasteiger partial charge in [-0.2, -0.15) is 5.10 Å². The number of likely N-dealkylation sites (N-methyl/N-ethyl adjacent to an activating group) is 1. The molecule has 1 atom stereocenters. The monoisotopic (exact) mass is 508 g/mol. The summed E-state index contributed by atoms with van der Waals surface area (Å²) in [6, 6.07) is 19.9. The number of hydrazone groups is 1. The summed E-state index contributed by atoms with van der Waals surface area (Å²) < 4.78 is 5.80. The summed E-state index contributed by atoms with van der Waals surface area (Å²) in [6.07, 6.45) is 3.74. The third-order valence-corrected chi connectivity index (χ3v) is 6.12. The van der Waals surface area contributed by atoms with E-state index in [1.807, 2.05) is 56.3 Å². The average molecular weight is 509 g/mol. The Hall–Kier alpha value is -3.42. The lowest BCUT2D eigenvalue weighted by molar-refractivity contribution is -0.126. The quantitative estimate of drug-likeness (QED) is 0.185. The number of halogens is 1. The normalized spacial score (nSPS) is 12.1. The second-order valence-electron chi connectivity index (χ2n) is 8.30. The van der Waals surface area contributed by atoms with Gasteiger partial charge in [-0.3, -0.25) is 14.5 Å². The first-order chi connectivity index (χ1) is 17.5. The molecule has 2 N–H and O–H groups in total. The molecule has 7 nitrogen and oxygen atoms in total. The third-order valence-electron chi connectivity index (χ3n) is 5.88. The zero-order valence-electron chi connectivity index (χ0n) is 20.7. The van der Waals surface area contributed by atoms with Gasteiger partial charge in [0, 0.05) is 22.7 Å². The maximum absolute atomic E-state index is 12.9. The molecule has 0 aliphatic carbocycles. The SMILES string of the molecule is CCN(CC)[C@H](CCCCNC(=O)c1ccccc1)C(=O)N/N=C/c1ccc(-c2cccc(Cl)c2)o1. The zero-order chi connectivity index (χ0) is 25.8. The Bertz CT molecular complexity index is 1140. The fourth-order valence-corrected chi connectivity index (χ4v) is 4.14. The lowest BCUT2D eigenvalue weighted by atomic mass is 10.1. The molecule has 0 radical (unpaired) electrons.